The van der Waals surface area contributed by atoms with E-state index in [1.807, 2.05) is 48.5 Å². The Morgan fingerprint density at radius 3 is 2.66 bits per heavy atom. The Balaban J connectivity index is 1.13. The molecule has 2 aromatic heterocycles. The van der Waals surface area contributed by atoms with Gasteiger partial charge in [-0.1, -0.05) is 18.2 Å². The first kappa shape index (κ1) is 27.5. The van der Waals surface area contributed by atoms with E-state index < -0.39 is 10.0 Å². The third kappa shape index (κ3) is 5.14. The number of aromatic nitrogens is 1. The Hall–Kier alpha value is -3.64. The maximum atomic E-state index is 13.3. The zero-order valence-electron chi connectivity index (χ0n) is 22.6. The number of sulfonamides is 1. The van der Waals surface area contributed by atoms with Crippen molar-refractivity contribution < 1.29 is 22.7 Å². The van der Waals surface area contributed by atoms with E-state index in [0.717, 1.165) is 33.5 Å². The zero-order valence-corrected chi connectivity index (χ0v) is 24.2. The van der Waals surface area contributed by atoms with Crippen LogP contribution in [0, 0.1) is 5.92 Å². The molecule has 2 aliphatic rings. The summed E-state index contributed by atoms with van der Waals surface area (Å²) < 4.78 is 33.5. The van der Waals surface area contributed by atoms with E-state index in [2.05, 4.69) is 10.3 Å². The lowest BCUT2D eigenvalue weighted by atomic mass is 9.96. The van der Waals surface area contributed by atoms with E-state index in [1.54, 1.807) is 30.3 Å². The molecule has 0 saturated carbocycles. The minimum absolute atomic E-state index is 0.0448. The minimum Gasteiger partial charge on any atom is -0.385 e. The molecule has 1 N–H and O–H groups in total. The molecule has 212 valence electrons. The molecule has 2 aromatic carbocycles. The molecule has 2 aliphatic heterocycles. The fourth-order valence-corrected chi connectivity index (χ4v) is 8.48. The number of amides is 2. The van der Waals surface area contributed by atoms with E-state index in [-0.39, 0.29) is 35.0 Å². The number of ether oxygens (including phenoxy) is 1. The van der Waals surface area contributed by atoms with E-state index in [9.17, 15) is 18.0 Å². The first-order valence-corrected chi connectivity index (χ1v) is 15.8. The predicted molar refractivity (Wildman–Crippen MR) is 160 cm³/mol. The van der Waals surface area contributed by atoms with Crippen LogP contribution in [0.15, 0.2) is 71.1 Å². The van der Waals surface area contributed by atoms with Crippen LogP contribution in [0.25, 0.3) is 21.3 Å². The van der Waals surface area contributed by atoms with Crippen LogP contribution in [0.4, 0.5) is 11.4 Å². The number of thiophene rings is 1. The van der Waals surface area contributed by atoms with E-state index in [1.165, 1.54) is 15.6 Å². The largest absolute Gasteiger partial charge is 0.385 e. The molecule has 2 amide bonds. The van der Waals surface area contributed by atoms with Crippen molar-refractivity contribution in [2.45, 2.75) is 23.5 Å². The summed E-state index contributed by atoms with van der Waals surface area (Å²) in [6.07, 6.45) is 3.26. The monoisotopic (exact) mass is 590 g/mol. The predicted octanol–water partition coefficient (Wildman–Crippen LogP) is 5.00. The number of carbonyl (C=O) groups is 2. The summed E-state index contributed by atoms with van der Waals surface area (Å²) in [7, 11) is -2.02. The molecule has 0 spiro atoms. The fraction of sp³-hybridized carbons (Fsp3) is 0.300. The lowest BCUT2D eigenvalue weighted by Gasteiger charge is -2.30. The lowest BCUT2D eigenvalue weighted by Crippen LogP contribution is -2.41. The third-order valence-electron chi connectivity index (χ3n) is 7.69. The van der Waals surface area contributed by atoms with Gasteiger partial charge in [0.25, 0.3) is 15.9 Å². The van der Waals surface area contributed by atoms with Gasteiger partial charge in [0.05, 0.1) is 16.3 Å². The Bertz CT molecular complexity index is 1710. The molecule has 4 aromatic rings. The van der Waals surface area contributed by atoms with Crippen LogP contribution in [0.2, 0.25) is 0 Å². The average Bonchev–Trinajstić information content (AvgIpc) is 3.61. The average molecular weight is 591 g/mol. The van der Waals surface area contributed by atoms with Gasteiger partial charge in [-0.3, -0.25) is 14.6 Å². The van der Waals surface area contributed by atoms with Gasteiger partial charge in [0, 0.05) is 67.5 Å². The van der Waals surface area contributed by atoms with Gasteiger partial charge in [0.15, 0.2) is 0 Å². The number of nitrogens with one attached hydrogen (secondary N) is 1. The van der Waals surface area contributed by atoms with Crippen LogP contribution in [-0.4, -0.2) is 62.9 Å². The number of pyridine rings is 1. The summed E-state index contributed by atoms with van der Waals surface area (Å²) in [6.45, 7) is 1.66. The highest BCUT2D eigenvalue weighted by Crippen LogP contribution is 2.41. The number of piperidine rings is 1. The third-order valence-corrected chi connectivity index (χ3v) is 11.2. The number of hydrogen-bond donors (Lipinski definition) is 1. The van der Waals surface area contributed by atoms with Crippen molar-refractivity contribution in [3.05, 3.63) is 72.4 Å². The molecule has 4 heterocycles. The van der Waals surface area contributed by atoms with Crippen molar-refractivity contribution in [3.8, 4) is 10.6 Å². The molecule has 9 nitrogen and oxygen atoms in total. The first-order chi connectivity index (χ1) is 19.9. The lowest BCUT2D eigenvalue weighted by molar-refractivity contribution is -0.120. The summed E-state index contributed by atoms with van der Waals surface area (Å²) in [5.74, 6) is -0.502. The van der Waals surface area contributed by atoms with Gasteiger partial charge in [0.1, 0.15) is 4.21 Å². The molecule has 0 aliphatic carbocycles. The van der Waals surface area contributed by atoms with Crippen molar-refractivity contribution in [1.29, 1.82) is 0 Å². The van der Waals surface area contributed by atoms with Crippen molar-refractivity contribution >= 4 is 55.3 Å². The molecule has 11 heteroatoms. The van der Waals surface area contributed by atoms with Crippen molar-refractivity contribution in [3.63, 3.8) is 0 Å². The maximum Gasteiger partial charge on any atom is 0.258 e. The number of benzene rings is 2. The number of carbonyl (C=O) groups excluding carboxylic acids is 2. The van der Waals surface area contributed by atoms with Gasteiger partial charge < -0.3 is 15.0 Å². The van der Waals surface area contributed by atoms with E-state index >= 15 is 0 Å². The standard InChI is InChI=1S/C30H30N4O5S2/c1-39-19-5-16-34-25-10-9-23(21-6-4-7-22(28(21)25)30(34)36)32-29(35)20-13-17-33(18-14-20)41(37,38)27-12-11-26(40-27)24-8-2-3-15-31-24/h2-4,6-12,15,20H,5,13-14,16-19H2,1H3,(H,32,35). The molecular formula is C30H30N4O5S2. The van der Waals surface area contributed by atoms with Crippen LogP contribution in [-0.2, 0) is 19.6 Å². The minimum atomic E-state index is -3.66. The highest BCUT2D eigenvalue weighted by molar-refractivity contribution is 7.91. The van der Waals surface area contributed by atoms with Crippen LogP contribution in [0.5, 0.6) is 0 Å². The molecule has 1 saturated heterocycles. The van der Waals surface area contributed by atoms with E-state index in [0.29, 0.717) is 37.2 Å². The number of methoxy groups -OCH3 is 1. The Morgan fingerprint density at radius 1 is 1.07 bits per heavy atom. The first-order valence-electron chi connectivity index (χ1n) is 13.6. The zero-order chi connectivity index (χ0) is 28.6. The Kier molecular flexibility index (Phi) is 7.60. The van der Waals surface area contributed by atoms with Gasteiger partial charge in [-0.05, 0) is 61.7 Å². The summed E-state index contributed by atoms with van der Waals surface area (Å²) in [5, 5.41) is 4.72. The van der Waals surface area contributed by atoms with Gasteiger partial charge >= 0.3 is 0 Å². The van der Waals surface area contributed by atoms with Crippen LogP contribution in [0.3, 0.4) is 0 Å². The number of anilines is 2. The van der Waals surface area contributed by atoms with Gasteiger partial charge in [-0.25, -0.2) is 8.42 Å². The van der Waals surface area contributed by atoms with Crippen LogP contribution in [0.1, 0.15) is 29.6 Å². The molecule has 0 atom stereocenters. The molecule has 0 bridgehead atoms. The molecule has 6 rings (SSSR count). The Morgan fingerprint density at radius 2 is 1.90 bits per heavy atom. The number of rotatable bonds is 9. The summed E-state index contributed by atoms with van der Waals surface area (Å²) in [6, 6.07) is 18.2. The summed E-state index contributed by atoms with van der Waals surface area (Å²) >= 11 is 1.20. The number of hydrogen-bond acceptors (Lipinski definition) is 7. The molecule has 1 fully saturated rings. The second-order valence-corrected chi connectivity index (χ2v) is 13.4. The van der Waals surface area contributed by atoms with Crippen molar-refractivity contribution in [1.82, 2.24) is 9.29 Å². The van der Waals surface area contributed by atoms with Crippen molar-refractivity contribution in [2.24, 2.45) is 5.92 Å². The highest BCUT2D eigenvalue weighted by Gasteiger charge is 2.34. The maximum absolute atomic E-state index is 13.3. The molecule has 41 heavy (non-hydrogen) atoms. The summed E-state index contributed by atoms with van der Waals surface area (Å²) in [4.78, 5) is 33.3. The number of nitrogens with zero attached hydrogens (tertiary/aromatic N) is 3. The summed E-state index contributed by atoms with van der Waals surface area (Å²) in [5.41, 5.74) is 2.86. The van der Waals surface area contributed by atoms with Gasteiger partial charge in [-0.2, -0.15) is 4.31 Å². The SMILES string of the molecule is COCCCN1C(=O)c2cccc3c(NC(=O)C4CCN(S(=O)(=O)c5ccc(-c6ccccn6)s5)CC4)ccc1c23. The molecule has 0 radical (unpaired) electrons. The topological polar surface area (TPSA) is 109 Å². The fourth-order valence-electron chi connectivity index (χ4n) is 5.57. The highest BCUT2D eigenvalue weighted by atomic mass is 32.2. The Labute approximate surface area is 242 Å². The van der Waals surface area contributed by atoms with Crippen LogP contribution < -0.4 is 10.2 Å². The normalized spacial score (nSPS) is 16.0. The second-order valence-electron chi connectivity index (χ2n) is 10.2. The molecule has 0 unspecified atom stereocenters. The van der Waals surface area contributed by atoms with Crippen molar-refractivity contribution in [2.75, 3.05) is 43.6 Å². The van der Waals surface area contributed by atoms with Gasteiger partial charge in [0.2, 0.25) is 5.91 Å². The smallest absolute Gasteiger partial charge is 0.258 e. The van der Waals surface area contributed by atoms with E-state index in [4.69, 9.17) is 4.74 Å². The van der Waals surface area contributed by atoms with Crippen LogP contribution >= 0.6 is 11.3 Å². The molecular weight excluding hydrogens is 560 g/mol. The second kappa shape index (κ2) is 11.3. The quantitative estimate of drug-likeness (QED) is 0.275. The van der Waals surface area contributed by atoms with Gasteiger partial charge in [-0.15, -0.1) is 11.3 Å².